The van der Waals surface area contributed by atoms with Gasteiger partial charge >= 0.3 is 49.1 Å². The molecule has 0 fully saturated rings. The number of aliphatic imine (C=N–C) groups is 2. The number of aromatic nitrogens is 3. The summed E-state index contributed by atoms with van der Waals surface area (Å²) in [7, 11) is 1.19. The number of hydrogen-bond acceptors (Lipinski definition) is 4. The van der Waals surface area contributed by atoms with Crippen LogP contribution in [0.2, 0.25) is 0 Å². The molecule has 30 heavy (non-hydrogen) atoms. The Morgan fingerprint density at radius 3 is 1.60 bits per heavy atom. The summed E-state index contributed by atoms with van der Waals surface area (Å²) in [5, 5.41) is 7.10. The second kappa shape index (κ2) is 12.1. The first-order valence-corrected chi connectivity index (χ1v) is 16.4. The molecule has 0 bridgehead atoms. The van der Waals surface area contributed by atoms with E-state index in [0.29, 0.717) is 11.6 Å². The van der Waals surface area contributed by atoms with Gasteiger partial charge in [0, 0.05) is 0 Å². The zero-order chi connectivity index (χ0) is 22.3. The molecule has 0 unspecified atom stereocenters. The number of nitrogens with one attached hydrogen (secondary N) is 1. The van der Waals surface area contributed by atoms with Gasteiger partial charge in [-0.3, -0.25) is 15.1 Å². The Kier molecular flexibility index (Phi) is 10.1. The Labute approximate surface area is 207 Å². The van der Waals surface area contributed by atoms with E-state index in [-0.39, 0.29) is 0 Å². The molecule has 1 heterocycles. The maximum atomic E-state index is 4.58. The predicted molar refractivity (Wildman–Crippen MR) is 140 cm³/mol. The fourth-order valence-electron chi connectivity index (χ4n) is 3.40. The van der Waals surface area contributed by atoms with E-state index in [4.69, 9.17) is 0 Å². The first-order valence-electron chi connectivity index (χ1n) is 9.26. The van der Waals surface area contributed by atoms with Gasteiger partial charge in [-0.15, -0.1) is 0 Å². The fraction of sp³-hybridized carbons (Fsp3) is 0.273. The monoisotopic (exact) mass is 669 g/mol. The van der Waals surface area contributed by atoms with Crippen LogP contribution in [0.4, 0.5) is 11.4 Å². The molecule has 0 aliphatic heterocycles. The van der Waals surface area contributed by atoms with Crippen molar-refractivity contribution in [2.24, 2.45) is 9.98 Å². The summed E-state index contributed by atoms with van der Waals surface area (Å²) >= 11 is 4.55. The number of rotatable bonds is 4. The van der Waals surface area contributed by atoms with E-state index in [1.54, 1.807) is 12.4 Å². The van der Waals surface area contributed by atoms with Crippen LogP contribution in [0.25, 0.3) is 0 Å². The van der Waals surface area contributed by atoms with E-state index >= 15 is 0 Å². The van der Waals surface area contributed by atoms with E-state index in [1.165, 1.54) is 19.6 Å². The van der Waals surface area contributed by atoms with Crippen LogP contribution in [0, 0.1) is 41.5 Å². The summed E-state index contributed by atoms with van der Waals surface area (Å²) in [6.07, 6.45) is 3.39. The summed E-state index contributed by atoms with van der Waals surface area (Å²) in [6.45, 7) is 12.4. The molecule has 1 N–H and O–H groups in total. The molecule has 160 valence electrons. The van der Waals surface area contributed by atoms with Crippen molar-refractivity contribution in [1.82, 2.24) is 15.2 Å². The molecule has 0 aliphatic rings. The SMILES string of the molecule is Cc1cc(C)c(N=Cc2n[nH]c(C=Nc3c(C)cc(C)cc3C)n2)c(C)c1.[I][Fe][I]. The van der Waals surface area contributed by atoms with Gasteiger partial charge in [-0.05, 0) is 63.8 Å². The van der Waals surface area contributed by atoms with Crippen molar-refractivity contribution in [1.29, 1.82) is 0 Å². The number of hydrogen-bond donors (Lipinski definition) is 1. The summed E-state index contributed by atoms with van der Waals surface area (Å²) < 4.78 is 0. The summed E-state index contributed by atoms with van der Waals surface area (Å²) in [4.78, 5) is 13.6. The fourth-order valence-corrected chi connectivity index (χ4v) is 3.40. The minimum absolute atomic E-state index is 0.535. The zero-order valence-corrected chi connectivity index (χ0v) is 23.3. The van der Waals surface area contributed by atoms with Crippen molar-refractivity contribution in [3.8, 4) is 0 Å². The molecule has 0 saturated heterocycles. The molecule has 0 amide bonds. The third-order valence-corrected chi connectivity index (χ3v) is 4.42. The van der Waals surface area contributed by atoms with Crippen LogP contribution in [0.5, 0.6) is 0 Å². The molecule has 5 nitrogen and oxygen atoms in total. The van der Waals surface area contributed by atoms with Crippen LogP contribution >= 0.6 is 40.7 Å². The normalized spacial score (nSPS) is 11.3. The van der Waals surface area contributed by atoms with Crippen LogP contribution < -0.4 is 0 Å². The molecule has 0 radical (unpaired) electrons. The molecule has 8 heteroatoms. The molecule has 3 aromatic rings. The van der Waals surface area contributed by atoms with E-state index in [1.807, 2.05) is 0 Å². The third kappa shape index (κ3) is 7.25. The Morgan fingerprint density at radius 2 is 1.17 bits per heavy atom. The second-order valence-electron chi connectivity index (χ2n) is 7.14. The number of aryl methyl sites for hydroxylation is 6. The predicted octanol–water partition coefficient (Wildman–Crippen LogP) is 6.93. The van der Waals surface area contributed by atoms with Crippen LogP contribution in [0.3, 0.4) is 0 Å². The quantitative estimate of drug-likeness (QED) is 0.186. The van der Waals surface area contributed by atoms with Gasteiger partial charge in [0.05, 0.1) is 23.8 Å². The van der Waals surface area contributed by atoms with Gasteiger partial charge in [-0.1, -0.05) is 35.4 Å². The third-order valence-electron chi connectivity index (χ3n) is 4.42. The Hall–Kier alpha value is -1.10. The van der Waals surface area contributed by atoms with Gasteiger partial charge in [0.25, 0.3) is 0 Å². The van der Waals surface area contributed by atoms with Crippen molar-refractivity contribution in [2.45, 2.75) is 41.5 Å². The molecule has 0 saturated carbocycles. The summed E-state index contributed by atoms with van der Waals surface area (Å²) in [5.41, 5.74) is 9.00. The molecule has 2 aromatic carbocycles. The van der Waals surface area contributed by atoms with Crippen molar-refractivity contribution >= 4 is 64.5 Å². The van der Waals surface area contributed by atoms with Gasteiger partial charge in [0.1, 0.15) is 0 Å². The maximum absolute atomic E-state index is 4.58. The topological polar surface area (TPSA) is 66.3 Å². The molecule has 1 aromatic heterocycles. The van der Waals surface area contributed by atoms with Crippen molar-refractivity contribution < 1.29 is 8.46 Å². The second-order valence-corrected chi connectivity index (χ2v) is 16.5. The molecule has 0 spiro atoms. The van der Waals surface area contributed by atoms with Crippen molar-refractivity contribution in [3.05, 3.63) is 69.3 Å². The van der Waals surface area contributed by atoms with Crippen molar-refractivity contribution in [3.63, 3.8) is 0 Å². The number of H-pyrrole nitrogens is 1. The molecule has 3 rings (SSSR count). The zero-order valence-electron chi connectivity index (χ0n) is 17.9. The average molecular weight is 669 g/mol. The van der Waals surface area contributed by atoms with Crippen LogP contribution in [0.1, 0.15) is 45.0 Å². The number of nitrogens with zero attached hydrogens (tertiary/aromatic N) is 4. The number of aromatic amines is 1. The van der Waals surface area contributed by atoms with Gasteiger partial charge in [0.2, 0.25) is 0 Å². The van der Waals surface area contributed by atoms with E-state index in [0.717, 1.165) is 33.6 Å². The van der Waals surface area contributed by atoms with Crippen LogP contribution in [-0.4, -0.2) is 27.6 Å². The van der Waals surface area contributed by atoms with Gasteiger partial charge in [-0.25, -0.2) is 4.98 Å². The van der Waals surface area contributed by atoms with Crippen LogP contribution in [0.15, 0.2) is 34.3 Å². The summed E-state index contributed by atoms with van der Waals surface area (Å²) in [6, 6.07) is 8.51. The molecule has 0 aliphatic carbocycles. The Balaban J connectivity index is 0.00000101. The van der Waals surface area contributed by atoms with E-state index in [2.05, 4.69) is 132 Å². The van der Waals surface area contributed by atoms with Crippen molar-refractivity contribution in [2.75, 3.05) is 0 Å². The standard InChI is InChI=1S/C22H25N5.Fe.2HI/c1-13-7-15(3)21(16(4)8-13)23-11-19-25-20(27-26-19)12-24-22-17(5)9-14(2)10-18(22)6;;;/h7-12H,1-6H3,(H,25,26,27);;2*1H/q;+2;;/p-2. The first-order chi connectivity index (χ1) is 14.2. The van der Waals surface area contributed by atoms with E-state index in [9.17, 15) is 0 Å². The number of benzene rings is 2. The number of halogens is 2. The molecular weight excluding hydrogens is 644 g/mol. The van der Waals surface area contributed by atoms with Gasteiger partial charge in [0.15, 0.2) is 11.6 Å². The minimum atomic E-state index is 0.535. The van der Waals surface area contributed by atoms with Gasteiger partial charge in [-0.2, -0.15) is 5.10 Å². The Bertz CT molecular complexity index is 945. The van der Waals surface area contributed by atoms with Crippen LogP contribution in [-0.2, 0) is 8.46 Å². The Morgan fingerprint density at radius 1 is 0.767 bits per heavy atom. The summed E-state index contributed by atoms with van der Waals surface area (Å²) in [5.74, 6) is 1.14. The molecule has 0 atom stereocenters. The molecular formula is C22H25FeI2N5. The average Bonchev–Trinajstić information content (AvgIpc) is 3.08. The first kappa shape index (κ1) is 25.2. The van der Waals surface area contributed by atoms with Gasteiger partial charge < -0.3 is 0 Å². The van der Waals surface area contributed by atoms with E-state index < -0.39 is 0 Å².